The van der Waals surface area contributed by atoms with E-state index in [9.17, 15) is 9.59 Å². The van der Waals surface area contributed by atoms with Crippen LogP contribution in [0.25, 0.3) is 0 Å². The van der Waals surface area contributed by atoms with Crippen molar-refractivity contribution in [2.24, 2.45) is 0 Å². The number of hydrogen-bond donors (Lipinski definition) is 2. The SMILES string of the molecule is O=C(NC[C@@H]1CCS[C@H](c2ccc(Oc3ccccc3)cc2)C(=O)N1)c1nccs1. The molecule has 1 aliphatic heterocycles. The molecule has 8 heteroatoms. The van der Waals surface area contributed by atoms with Crippen LogP contribution in [0.2, 0.25) is 0 Å². The van der Waals surface area contributed by atoms with Crippen LogP contribution < -0.4 is 15.4 Å². The Kier molecular flexibility index (Phi) is 6.66. The van der Waals surface area contributed by atoms with E-state index in [2.05, 4.69) is 15.6 Å². The Hall–Kier alpha value is -2.84. The molecule has 2 aromatic carbocycles. The van der Waals surface area contributed by atoms with E-state index in [0.717, 1.165) is 29.2 Å². The average molecular weight is 440 g/mol. The van der Waals surface area contributed by atoms with Gasteiger partial charge in [0.25, 0.3) is 5.91 Å². The molecule has 2 N–H and O–H groups in total. The molecular weight excluding hydrogens is 418 g/mol. The fraction of sp³-hybridized carbons (Fsp3) is 0.227. The maximum Gasteiger partial charge on any atom is 0.280 e. The first-order valence-corrected chi connectivity index (χ1v) is 11.5. The van der Waals surface area contributed by atoms with Crippen molar-refractivity contribution in [3.05, 3.63) is 76.7 Å². The smallest absolute Gasteiger partial charge is 0.280 e. The molecule has 0 unspecified atom stereocenters. The highest BCUT2D eigenvalue weighted by Gasteiger charge is 2.27. The van der Waals surface area contributed by atoms with Gasteiger partial charge >= 0.3 is 0 Å². The molecule has 0 spiro atoms. The van der Waals surface area contributed by atoms with Crippen molar-refractivity contribution >= 4 is 34.9 Å². The van der Waals surface area contributed by atoms with Gasteiger partial charge in [0, 0.05) is 24.2 Å². The second kappa shape index (κ2) is 9.77. The zero-order valence-corrected chi connectivity index (χ0v) is 17.7. The summed E-state index contributed by atoms with van der Waals surface area (Å²) in [5.41, 5.74) is 0.936. The molecular formula is C22H21N3O3S2. The maximum atomic E-state index is 12.8. The second-order valence-electron chi connectivity index (χ2n) is 6.78. The van der Waals surface area contributed by atoms with E-state index in [1.54, 1.807) is 23.3 Å². The summed E-state index contributed by atoms with van der Waals surface area (Å²) in [5.74, 6) is 2.08. The number of hydrogen-bond acceptors (Lipinski definition) is 6. The topological polar surface area (TPSA) is 80.3 Å². The van der Waals surface area contributed by atoms with Crippen LogP contribution in [0, 0.1) is 0 Å². The van der Waals surface area contributed by atoms with Gasteiger partial charge in [0.2, 0.25) is 5.91 Å². The summed E-state index contributed by atoms with van der Waals surface area (Å²) in [7, 11) is 0. The van der Waals surface area contributed by atoms with Gasteiger partial charge in [-0.3, -0.25) is 9.59 Å². The maximum absolute atomic E-state index is 12.8. The van der Waals surface area contributed by atoms with E-state index in [1.165, 1.54) is 11.3 Å². The number of thioether (sulfide) groups is 1. The van der Waals surface area contributed by atoms with Gasteiger partial charge in [0.15, 0.2) is 5.01 Å². The van der Waals surface area contributed by atoms with Gasteiger partial charge in [-0.2, -0.15) is 0 Å². The summed E-state index contributed by atoms with van der Waals surface area (Å²) in [4.78, 5) is 28.9. The zero-order valence-electron chi connectivity index (χ0n) is 16.1. The minimum Gasteiger partial charge on any atom is -0.457 e. The predicted octanol–water partition coefficient (Wildman–Crippen LogP) is 4.03. The molecule has 2 amide bonds. The van der Waals surface area contributed by atoms with Crippen molar-refractivity contribution in [3.63, 3.8) is 0 Å². The lowest BCUT2D eigenvalue weighted by Gasteiger charge is -2.17. The van der Waals surface area contributed by atoms with Crippen molar-refractivity contribution < 1.29 is 14.3 Å². The lowest BCUT2D eigenvalue weighted by Crippen LogP contribution is -2.43. The highest BCUT2D eigenvalue weighted by Crippen LogP contribution is 2.33. The highest BCUT2D eigenvalue weighted by atomic mass is 32.2. The van der Waals surface area contributed by atoms with Crippen molar-refractivity contribution in [3.8, 4) is 11.5 Å². The number of carbonyl (C=O) groups excluding carboxylic acids is 2. The molecule has 1 aliphatic rings. The fourth-order valence-corrected chi connectivity index (χ4v) is 4.89. The molecule has 0 saturated carbocycles. The number of nitrogens with zero attached hydrogens (tertiary/aromatic N) is 1. The molecule has 4 rings (SSSR count). The first-order chi connectivity index (χ1) is 14.7. The van der Waals surface area contributed by atoms with Crippen LogP contribution >= 0.6 is 23.1 Å². The first-order valence-electron chi connectivity index (χ1n) is 9.61. The molecule has 3 aromatic rings. The number of nitrogens with one attached hydrogen (secondary N) is 2. The molecule has 2 atom stereocenters. The molecule has 30 heavy (non-hydrogen) atoms. The van der Waals surface area contributed by atoms with Crippen LogP contribution in [0.4, 0.5) is 0 Å². The summed E-state index contributed by atoms with van der Waals surface area (Å²) in [6, 6.07) is 17.1. The lowest BCUT2D eigenvalue weighted by atomic mass is 10.1. The number of thiazole rings is 1. The van der Waals surface area contributed by atoms with Crippen molar-refractivity contribution in [1.82, 2.24) is 15.6 Å². The van der Waals surface area contributed by atoms with Crippen molar-refractivity contribution in [2.45, 2.75) is 17.7 Å². The Bertz CT molecular complexity index is 979. The van der Waals surface area contributed by atoms with Gasteiger partial charge < -0.3 is 15.4 Å². The average Bonchev–Trinajstić information content (AvgIpc) is 3.24. The Balaban J connectivity index is 1.34. The number of carbonyl (C=O) groups is 2. The van der Waals surface area contributed by atoms with E-state index >= 15 is 0 Å². The van der Waals surface area contributed by atoms with E-state index in [1.807, 2.05) is 54.6 Å². The largest absolute Gasteiger partial charge is 0.457 e. The number of amides is 2. The first kappa shape index (κ1) is 20.4. The lowest BCUT2D eigenvalue weighted by molar-refractivity contribution is -0.121. The third-order valence-corrected chi connectivity index (χ3v) is 6.70. The number of rotatable bonds is 6. The molecule has 0 radical (unpaired) electrons. The monoisotopic (exact) mass is 439 g/mol. The Morgan fingerprint density at radius 3 is 2.63 bits per heavy atom. The van der Waals surface area contributed by atoms with Gasteiger partial charge in [-0.1, -0.05) is 30.3 Å². The van der Waals surface area contributed by atoms with Crippen LogP contribution in [-0.4, -0.2) is 35.1 Å². The van der Waals surface area contributed by atoms with Gasteiger partial charge in [-0.05, 0) is 42.0 Å². The third-order valence-electron chi connectivity index (χ3n) is 4.63. The van der Waals surface area contributed by atoms with Gasteiger partial charge in [0.1, 0.15) is 16.7 Å². The highest BCUT2D eigenvalue weighted by molar-refractivity contribution is 8.00. The molecule has 1 saturated heterocycles. The summed E-state index contributed by atoms with van der Waals surface area (Å²) in [6.45, 7) is 0.390. The minimum absolute atomic E-state index is 0.0391. The quantitative estimate of drug-likeness (QED) is 0.606. The zero-order chi connectivity index (χ0) is 20.8. The van der Waals surface area contributed by atoms with Crippen LogP contribution in [0.5, 0.6) is 11.5 Å². The van der Waals surface area contributed by atoms with Crippen LogP contribution in [0.1, 0.15) is 27.0 Å². The normalized spacial score (nSPS) is 18.9. The summed E-state index contributed by atoms with van der Waals surface area (Å²) in [6.07, 6.45) is 2.39. The van der Waals surface area contributed by atoms with Gasteiger partial charge in [-0.25, -0.2) is 4.98 Å². The molecule has 2 heterocycles. The second-order valence-corrected chi connectivity index (χ2v) is 8.88. The summed E-state index contributed by atoms with van der Waals surface area (Å²) < 4.78 is 5.82. The molecule has 0 bridgehead atoms. The van der Waals surface area contributed by atoms with Crippen molar-refractivity contribution in [1.29, 1.82) is 0 Å². The minimum atomic E-state index is -0.282. The predicted molar refractivity (Wildman–Crippen MR) is 119 cm³/mol. The Morgan fingerprint density at radius 2 is 1.90 bits per heavy atom. The number of aromatic nitrogens is 1. The van der Waals surface area contributed by atoms with Gasteiger partial charge in [0.05, 0.1) is 0 Å². The van der Waals surface area contributed by atoms with E-state index < -0.39 is 0 Å². The third kappa shape index (κ3) is 5.20. The summed E-state index contributed by atoms with van der Waals surface area (Å²) >= 11 is 2.91. The van der Waals surface area contributed by atoms with Crippen LogP contribution in [-0.2, 0) is 4.79 Å². The molecule has 6 nitrogen and oxygen atoms in total. The Morgan fingerprint density at radius 1 is 1.13 bits per heavy atom. The number of benzene rings is 2. The molecule has 1 aromatic heterocycles. The van der Waals surface area contributed by atoms with E-state index in [4.69, 9.17) is 4.74 Å². The standard InChI is InChI=1S/C22H21N3O3S2/c26-20-19(15-6-8-18(9-7-15)28-17-4-2-1-3-5-17)29-12-10-16(25-20)14-24-21(27)22-23-11-13-30-22/h1-9,11,13,16,19H,10,12,14H2,(H,24,27)(H,25,26)/t16-,19+/m0/s1. The summed E-state index contributed by atoms with van der Waals surface area (Å²) in [5, 5.41) is 7.83. The fourth-order valence-electron chi connectivity index (χ4n) is 3.12. The Labute approximate surface area is 183 Å². The van der Waals surface area contributed by atoms with Crippen LogP contribution in [0.3, 0.4) is 0 Å². The molecule has 0 aliphatic carbocycles. The van der Waals surface area contributed by atoms with Crippen molar-refractivity contribution in [2.75, 3.05) is 12.3 Å². The van der Waals surface area contributed by atoms with Gasteiger partial charge in [-0.15, -0.1) is 23.1 Å². The number of para-hydroxylation sites is 1. The van der Waals surface area contributed by atoms with Crippen LogP contribution in [0.15, 0.2) is 66.2 Å². The number of ether oxygens (including phenoxy) is 1. The molecule has 1 fully saturated rings. The van der Waals surface area contributed by atoms with E-state index in [0.29, 0.717) is 11.6 Å². The molecule has 154 valence electrons. The van der Waals surface area contributed by atoms with E-state index in [-0.39, 0.29) is 23.1 Å².